The second-order valence-electron chi connectivity index (χ2n) is 3.65. The number of aromatic carboxylic acids is 1. The van der Waals surface area contributed by atoms with E-state index in [2.05, 4.69) is 0 Å². The molecule has 7 heteroatoms. The molecule has 0 atom stereocenters. The maximum Gasteiger partial charge on any atom is 0.419 e. The maximum absolute atomic E-state index is 11.5. The smallest absolute Gasteiger partial charge is 0.419 e. The van der Waals surface area contributed by atoms with Gasteiger partial charge in [-0.1, -0.05) is 0 Å². The summed E-state index contributed by atoms with van der Waals surface area (Å²) in [5.74, 6) is -2.86. The summed E-state index contributed by atoms with van der Waals surface area (Å²) in [4.78, 5) is 32.7. The third kappa shape index (κ3) is 2.10. The first kappa shape index (κ1) is 11.9. The molecule has 1 heterocycles. The van der Waals surface area contributed by atoms with E-state index >= 15 is 0 Å². The van der Waals surface area contributed by atoms with Crippen molar-refractivity contribution in [2.45, 2.75) is 13.0 Å². The van der Waals surface area contributed by atoms with Crippen LogP contribution >= 0.6 is 0 Å². The highest BCUT2D eigenvalue weighted by Crippen LogP contribution is 2.15. The highest BCUT2D eigenvalue weighted by atomic mass is 16.4. The molecule has 2 N–H and O–H groups in total. The van der Waals surface area contributed by atoms with Crippen LogP contribution in [0.15, 0.2) is 27.4 Å². The minimum Gasteiger partial charge on any atom is -0.481 e. The quantitative estimate of drug-likeness (QED) is 0.830. The summed E-state index contributed by atoms with van der Waals surface area (Å²) in [7, 11) is 0. The van der Waals surface area contributed by atoms with Gasteiger partial charge in [0.05, 0.1) is 17.5 Å². The number of benzene rings is 1. The number of carboxylic acids is 2. The first-order valence-corrected chi connectivity index (χ1v) is 5.07. The molecule has 0 aliphatic carbocycles. The van der Waals surface area contributed by atoms with E-state index in [0.717, 1.165) is 4.57 Å². The molecule has 0 saturated heterocycles. The fourth-order valence-electron chi connectivity index (χ4n) is 1.62. The van der Waals surface area contributed by atoms with Crippen molar-refractivity contribution in [1.29, 1.82) is 0 Å². The van der Waals surface area contributed by atoms with Crippen LogP contribution < -0.4 is 5.76 Å². The van der Waals surface area contributed by atoms with Gasteiger partial charge in [-0.05, 0) is 18.2 Å². The van der Waals surface area contributed by atoms with Crippen molar-refractivity contribution >= 4 is 23.0 Å². The van der Waals surface area contributed by atoms with Crippen molar-refractivity contribution < 1.29 is 24.2 Å². The van der Waals surface area contributed by atoms with Gasteiger partial charge in [0.25, 0.3) is 0 Å². The van der Waals surface area contributed by atoms with Crippen LogP contribution in [0.5, 0.6) is 0 Å². The van der Waals surface area contributed by atoms with Gasteiger partial charge in [0.1, 0.15) is 0 Å². The van der Waals surface area contributed by atoms with E-state index in [1.165, 1.54) is 18.2 Å². The van der Waals surface area contributed by atoms with Crippen molar-refractivity contribution in [2.75, 3.05) is 0 Å². The molecule has 0 spiro atoms. The average molecular weight is 251 g/mol. The number of oxazole rings is 1. The van der Waals surface area contributed by atoms with Crippen molar-refractivity contribution in [3.05, 3.63) is 34.3 Å². The third-order valence-corrected chi connectivity index (χ3v) is 2.46. The van der Waals surface area contributed by atoms with Gasteiger partial charge in [-0.2, -0.15) is 0 Å². The Bertz CT molecular complexity index is 680. The normalized spacial score (nSPS) is 10.7. The van der Waals surface area contributed by atoms with Crippen LogP contribution in [0.4, 0.5) is 0 Å². The lowest BCUT2D eigenvalue weighted by Crippen LogP contribution is -2.16. The van der Waals surface area contributed by atoms with Gasteiger partial charge in [-0.3, -0.25) is 9.36 Å². The molecule has 0 radical (unpaired) electrons. The predicted octanol–water partition coefficient (Wildman–Crippen LogP) is 0.767. The molecule has 1 aromatic carbocycles. The first-order chi connectivity index (χ1) is 8.49. The zero-order valence-electron chi connectivity index (χ0n) is 9.12. The van der Waals surface area contributed by atoms with Crippen LogP contribution in [-0.2, 0) is 11.3 Å². The van der Waals surface area contributed by atoms with E-state index in [4.69, 9.17) is 14.6 Å². The summed E-state index contributed by atoms with van der Waals surface area (Å²) in [5.41, 5.74) is 0.512. The number of hydrogen-bond acceptors (Lipinski definition) is 4. The molecule has 0 fully saturated rings. The lowest BCUT2D eigenvalue weighted by Gasteiger charge is -1.99. The van der Waals surface area contributed by atoms with Gasteiger partial charge in [0.15, 0.2) is 5.58 Å². The van der Waals surface area contributed by atoms with E-state index in [-0.39, 0.29) is 24.1 Å². The van der Waals surface area contributed by atoms with Gasteiger partial charge in [-0.15, -0.1) is 0 Å². The predicted molar refractivity (Wildman–Crippen MR) is 59.7 cm³/mol. The molecule has 0 aliphatic heterocycles. The first-order valence-electron chi connectivity index (χ1n) is 5.07. The molecule has 7 nitrogen and oxygen atoms in total. The number of nitrogens with zero attached hydrogens (tertiary/aromatic N) is 1. The zero-order chi connectivity index (χ0) is 13.3. The average Bonchev–Trinajstić information content (AvgIpc) is 2.60. The molecule has 0 saturated carbocycles. The second kappa shape index (κ2) is 4.36. The van der Waals surface area contributed by atoms with Crippen molar-refractivity contribution in [1.82, 2.24) is 4.57 Å². The number of aliphatic carboxylic acids is 1. The largest absolute Gasteiger partial charge is 0.481 e. The van der Waals surface area contributed by atoms with Crippen LogP contribution in [0.25, 0.3) is 11.1 Å². The van der Waals surface area contributed by atoms with E-state index in [1.807, 2.05) is 0 Å². The van der Waals surface area contributed by atoms with Crippen molar-refractivity contribution in [3.8, 4) is 0 Å². The highest BCUT2D eigenvalue weighted by molar-refractivity contribution is 5.91. The van der Waals surface area contributed by atoms with E-state index < -0.39 is 17.7 Å². The molecule has 2 aromatic rings. The summed E-state index contributed by atoms with van der Waals surface area (Å²) in [6, 6.07) is 3.98. The molecule has 94 valence electrons. The lowest BCUT2D eigenvalue weighted by molar-refractivity contribution is -0.137. The lowest BCUT2D eigenvalue weighted by atomic mass is 10.2. The van der Waals surface area contributed by atoms with Crippen molar-refractivity contribution in [2.24, 2.45) is 0 Å². The Balaban J connectivity index is 2.49. The summed E-state index contributed by atoms with van der Waals surface area (Å²) in [6.45, 7) is -0.0203. The molecule has 2 rings (SSSR count). The fraction of sp³-hybridized carbons (Fsp3) is 0.182. The number of carbonyl (C=O) groups is 2. The Morgan fingerprint density at radius 2 is 2.00 bits per heavy atom. The van der Waals surface area contributed by atoms with E-state index in [1.54, 1.807) is 0 Å². The Morgan fingerprint density at radius 3 is 2.61 bits per heavy atom. The number of hydrogen-bond donors (Lipinski definition) is 2. The minimum atomic E-state index is -1.13. The van der Waals surface area contributed by atoms with Crippen LogP contribution in [0.1, 0.15) is 16.8 Å². The topological polar surface area (TPSA) is 110 Å². The molecule has 0 amide bonds. The maximum atomic E-state index is 11.5. The highest BCUT2D eigenvalue weighted by Gasteiger charge is 2.12. The second-order valence-corrected chi connectivity index (χ2v) is 3.65. The molecule has 18 heavy (non-hydrogen) atoms. The van der Waals surface area contributed by atoms with Gasteiger partial charge in [0.2, 0.25) is 0 Å². The Hall–Kier alpha value is -2.57. The molecule has 0 aliphatic rings. The molecular formula is C11H9NO6. The van der Waals surface area contributed by atoms with Crippen LogP contribution in [-0.4, -0.2) is 26.7 Å². The molecular weight excluding hydrogens is 242 g/mol. The van der Waals surface area contributed by atoms with Crippen LogP contribution in [0, 0.1) is 0 Å². The Labute approximate surface area is 99.9 Å². The van der Waals surface area contributed by atoms with E-state index in [0.29, 0.717) is 5.52 Å². The Kier molecular flexibility index (Phi) is 2.88. The van der Waals surface area contributed by atoms with Crippen molar-refractivity contribution in [3.63, 3.8) is 0 Å². The number of aryl methyl sites for hydroxylation is 1. The summed E-state index contributed by atoms with van der Waals surface area (Å²) < 4.78 is 6.04. The van der Waals surface area contributed by atoms with Gasteiger partial charge >= 0.3 is 17.7 Å². The number of carboxylic acid groups (broad SMARTS) is 2. The van der Waals surface area contributed by atoms with Crippen LogP contribution in [0.3, 0.4) is 0 Å². The van der Waals surface area contributed by atoms with Crippen LogP contribution in [0.2, 0.25) is 0 Å². The molecule has 0 unspecified atom stereocenters. The number of aromatic nitrogens is 1. The summed E-state index contributed by atoms with van der Waals surface area (Å²) in [6.07, 6.45) is -0.213. The minimum absolute atomic E-state index is 0.00151. The van der Waals surface area contributed by atoms with Gasteiger partial charge in [0, 0.05) is 6.54 Å². The molecule has 1 aromatic heterocycles. The zero-order valence-corrected chi connectivity index (χ0v) is 9.12. The standard InChI is InChI=1S/C11H9NO6/c13-9(14)3-4-12-7-2-1-6(10(15)16)5-8(7)18-11(12)17/h1-2,5H,3-4H2,(H,13,14)(H,15,16). The summed E-state index contributed by atoms with van der Waals surface area (Å²) in [5, 5.41) is 17.4. The van der Waals surface area contributed by atoms with Gasteiger partial charge in [-0.25, -0.2) is 9.59 Å². The molecule has 0 bridgehead atoms. The monoisotopic (exact) mass is 251 g/mol. The number of fused-ring (bicyclic) bond motifs is 1. The Morgan fingerprint density at radius 1 is 1.28 bits per heavy atom. The number of rotatable bonds is 4. The fourth-order valence-corrected chi connectivity index (χ4v) is 1.62. The van der Waals surface area contributed by atoms with Gasteiger partial charge < -0.3 is 14.6 Å². The SMILES string of the molecule is O=C(O)CCn1c(=O)oc2cc(C(=O)O)ccc21. The third-order valence-electron chi connectivity index (χ3n) is 2.46. The summed E-state index contributed by atoms with van der Waals surface area (Å²) >= 11 is 0. The van der Waals surface area contributed by atoms with E-state index in [9.17, 15) is 14.4 Å².